The molecule has 0 aliphatic carbocycles. The molecule has 1 aliphatic heterocycles. The summed E-state index contributed by atoms with van der Waals surface area (Å²) in [6.45, 7) is 0.281. The molecule has 1 unspecified atom stereocenters. The highest BCUT2D eigenvalue weighted by Crippen LogP contribution is 2.40. The first-order chi connectivity index (χ1) is 12.7. The maximum atomic E-state index is 12.9. The third-order valence-electron chi connectivity index (χ3n) is 4.07. The molecule has 0 spiro atoms. The highest BCUT2D eigenvalue weighted by molar-refractivity contribution is 7.72. The Hall–Kier alpha value is -2.26. The zero-order valence-corrected chi connectivity index (χ0v) is 15.2. The lowest BCUT2D eigenvalue weighted by Gasteiger charge is -2.18. The second-order valence-corrected chi connectivity index (χ2v) is 7.18. The van der Waals surface area contributed by atoms with E-state index in [1.54, 1.807) is 0 Å². The van der Waals surface area contributed by atoms with Gasteiger partial charge in [-0.1, -0.05) is 17.7 Å². The Kier molecular flexibility index (Phi) is 5.34. The first-order valence-corrected chi connectivity index (χ1v) is 9.32. The van der Waals surface area contributed by atoms with Crippen molar-refractivity contribution in [2.45, 2.75) is 23.6 Å². The molecule has 1 fully saturated rings. The molecule has 0 N–H and O–H groups in total. The van der Waals surface area contributed by atoms with Crippen LogP contribution in [0.4, 0.5) is 18.9 Å². The number of carbonyl (C=O) groups excluding carboxylic acids is 1. The summed E-state index contributed by atoms with van der Waals surface area (Å²) in [4.78, 5) is 14.0. The van der Waals surface area contributed by atoms with Crippen LogP contribution in [0.3, 0.4) is 0 Å². The Morgan fingerprint density at radius 2 is 1.78 bits per heavy atom. The van der Waals surface area contributed by atoms with Gasteiger partial charge in [0.05, 0.1) is 15.5 Å². The minimum atomic E-state index is -4.63. The van der Waals surface area contributed by atoms with E-state index >= 15 is 0 Å². The number of benzene rings is 2. The summed E-state index contributed by atoms with van der Waals surface area (Å²) in [5, 5.41) is -0.597. The lowest BCUT2D eigenvalue weighted by atomic mass is 10.2. The molecule has 2 aromatic rings. The van der Waals surface area contributed by atoms with Crippen molar-refractivity contribution >= 4 is 33.9 Å². The van der Waals surface area contributed by atoms with E-state index in [0.717, 1.165) is 12.1 Å². The molecule has 27 heavy (non-hydrogen) atoms. The molecular formula is C17H13ClF3NO4S. The van der Waals surface area contributed by atoms with E-state index in [1.165, 1.54) is 35.2 Å². The first-order valence-electron chi connectivity index (χ1n) is 7.76. The van der Waals surface area contributed by atoms with E-state index in [0.29, 0.717) is 5.69 Å². The zero-order chi connectivity index (χ0) is 19.8. The van der Waals surface area contributed by atoms with Crippen LogP contribution in [0, 0.1) is 0 Å². The number of ether oxygens (including phenoxy) is 1. The third-order valence-corrected chi connectivity index (χ3v) is 5.18. The van der Waals surface area contributed by atoms with Gasteiger partial charge < -0.3 is 9.64 Å². The molecule has 0 bridgehead atoms. The van der Waals surface area contributed by atoms with Gasteiger partial charge in [0.2, 0.25) is 0 Å². The third kappa shape index (κ3) is 4.03. The van der Waals surface area contributed by atoms with E-state index in [2.05, 4.69) is 0 Å². The topological polar surface area (TPSA) is 63.7 Å². The van der Waals surface area contributed by atoms with Crippen molar-refractivity contribution in [3.05, 3.63) is 53.1 Å². The quantitative estimate of drug-likeness (QED) is 0.770. The van der Waals surface area contributed by atoms with Gasteiger partial charge in [-0.3, -0.25) is 4.79 Å². The smallest absolute Gasteiger partial charge is 0.417 e. The molecular weight excluding hydrogens is 407 g/mol. The number of nitrogens with zero attached hydrogens (tertiary/aromatic N) is 1. The number of rotatable bonds is 4. The highest BCUT2D eigenvalue weighted by Gasteiger charge is 2.37. The van der Waals surface area contributed by atoms with Crippen molar-refractivity contribution < 1.29 is 31.1 Å². The van der Waals surface area contributed by atoms with Crippen molar-refractivity contribution in [1.82, 2.24) is 0 Å². The minimum Gasteiger partial charge on any atom is -0.479 e. The van der Waals surface area contributed by atoms with Gasteiger partial charge in [-0.15, -0.1) is 0 Å². The summed E-state index contributed by atoms with van der Waals surface area (Å²) in [5.41, 5.74) is -0.562. The summed E-state index contributed by atoms with van der Waals surface area (Å²) < 4.78 is 66.1. The van der Waals surface area contributed by atoms with Crippen molar-refractivity contribution in [3.8, 4) is 5.75 Å². The fourth-order valence-electron chi connectivity index (χ4n) is 2.75. The van der Waals surface area contributed by atoms with Crippen molar-refractivity contribution in [3.63, 3.8) is 0 Å². The van der Waals surface area contributed by atoms with E-state index in [4.69, 9.17) is 16.3 Å². The van der Waals surface area contributed by atoms with E-state index in [9.17, 15) is 26.4 Å². The average Bonchev–Trinajstić information content (AvgIpc) is 2.96. The normalized spacial score (nSPS) is 17.6. The Balaban J connectivity index is 1.78. The van der Waals surface area contributed by atoms with E-state index in [-0.39, 0.29) is 23.6 Å². The molecule has 0 saturated carbocycles. The number of hydrogen-bond donors (Lipinski definition) is 1. The average molecular weight is 420 g/mol. The predicted molar refractivity (Wildman–Crippen MR) is 92.9 cm³/mol. The minimum absolute atomic E-state index is 0.115. The lowest BCUT2D eigenvalue weighted by Crippen LogP contribution is -2.32. The van der Waals surface area contributed by atoms with Crippen LogP contribution in [0.5, 0.6) is 5.75 Å². The fraction of sp³-hybridized carbons (Fsp3) is 0.235. The van der Waals surface area contributed by atoms with Gasteiger partial charge in [-0.05, 0) is 36.4 Å². The van der Waals surface area contributed by atoms with Crippen LogP contribution < -0.4 is 9.64 Å². The lowest BCUT2D eigenvalue weighted by molar-refractivity contribution is -0.137. The maximum Gasteiger partial charge on any atom is 0.417 e. The largest absolute Gasteiger partial charge is 0.479 e. The summed E-state index contributed by atoms with van der Waals surface area (Å²) in [5.74, 6) is -0.659. The van der Waals surface area contributed by atoms with Gasteiger partial charge in [-0.25, -0.2) is 8.42 Å². The van der Waals surface area contributed by atoms with Gasteiger partial charge >= 0.3 is 6.18 Å². The van der Waals surface area contributed by atoms with Crippen LogP contribution in [0.2, 0.25) is 5.02 Å². The van der Waals surface area contributed by atoms with Crippen molar-refractivity contribution in [2.75, 3.05) is 11.4 Å². The zero-order valence-electron chi connectivity index (χ0n) is 13.6. The second kappa shape index (κ2) is 7.40. The molecule has 1 atom stereocenters. The van der Waals surface area contributed by atoms with Crippen molar-refractivity contribution in [2.24, 2.45) is 0 Å². The summed E-state index contributed by atoms with van der Waals surface area (Å²) >= 11 is 5.79. The molecule has 5 nitrogen and oxygen atoms in total. The number of hydrogen-bond acceptors (Lipinski definition) is 4. The number of thiol groups is 1. The molecule has 0 radical (unpaired) electrons. The molecule has 1 aliphatic rings. The number of carbonyl (C=O) groups is 1. The molecule has 1 heterocycles. The summed E-state index contributed by atoms with van der Waals surface area (Å²) in [6, 6.07) is 8.96. The maximum absolute atomic E-state index is 12.9. The molecule has 1 saturated heterocycles. The molecule has 0 aromatic heterocycles. The van der Waals surface area contributed by atoms with Crippen LogP contribution in [-0.2, 0) is 21.7 Å². The molecule has 144 valence electrons. The Labute approximate surface area is 159 Å². The van der Waals surface area contributed by atoms with E-state index in [1.807, 2.05) is 0 Å². The molecule has 2 aromatic carbocycles. The number of alkyl halides is 3. The number of amides is 1. The monoisotopic (exact) mass is 419 g/mol. The molecule has 10 heteroatoms. The summed E-state index contributed by atoms with van der Waals surface area (Å²) in [6.07, 6.45) is -5.36. The van der Waals surface area contributed by atoms with Crippen LogP contribution in [-0.4, -0.2) is 27.0 Å². The van der Waals surface area contributed by atoms with Crippen LogP contribution in [0.25, 0.3) is 0 Å². The summed E-state index contributed by atoms with van der Waals surface area (Å²) in [7, 11) is -2.72. The Bertz CT molecular complexity index is 936. The standard InChI is InChI=1S/C17H13ClF3NO4S/c18-15-12(17(19,20)21)2-1-3-13(15)26-14-8-9-22(16(14)23)10-4-6-11(7-5-10)27(24)25/h1-7,14,27H,8-9H2. The van der Waals surface area contributed by atoms with Gasteiger partial charge in [0, 0.05) is 18.7 Å². The van der Waals surface area contributed by atoms with Crippen LogP contribution in [0.15, 0.2) is 47.4 Å². The Morgan fingerprint density at radius 3 is 2.37 bits per heavy atom. The van der Waals surface area contributed by atoms with Gasteiger partial charge in [0.1, 0.15) is 5.75 Å². The Morgan fingerprint density at radius 1 is 1.11 bits per heavy atom. The fourth-order valence-corrected chi connectivity index (χ4v) is 3.42. The number of anilines is 1. The van der Waals surface area contributed by atoms with Crippen LogP contribution >= 0.6 is 11.6 Å². The molecule has 1 amide bonds. The number of halogens is 4. The van der Waals surface area contributed by atoms with E-state index < -0.39 is 39.5 Å². The predicted octanol–water partition coefficient (Wildman–Crippen LogP) is 3.51. The van der Waals surface area contributed by atoms with Crippen LogP contribution in [0.1, 0.15) is 12.0 Å². The van der Waals surface area contributed by atoms with Gasteiger partial charge in [-0.2, -0.15) is 13.2 Å². The second-order valence-electron chi connectivity index (χ2n) is 5.77. The SMILES string of the molecule is O=C1C(Oc2cccc(C(F)(F)F)c2Cl)CCN1c1ccc([SH](=O)=O)cc1. The first kappa shape index (κ1) is 19.5. The van der Waals surface area contributed by atoms with Gasteiger partial charge in [0.25, 0.3) is 5.91 Å². The highest BCUT2D eigenvalue weighted by atomic mass is 35.5. The van der Waals surface area contributed by atoms with Gasteiger partial charge in [0.15, 0.2) is 16.8 Å². The molecule has 3 rings (SSSR count). The van der Waals surface area contributed by atoms with Crippen molar-refractivity contribution in [1.29, 1.82) is 0 Å².